The summed E-state index contributed by atoms with van der Waals surface area (Å²) in [6.07, 6.45) is -0.574. The zero-order chi connectivity index (χ0) is 12.9. The topological polar surface area (TPSA) is 161 Å². The van der Waals surface area contributed by atoms with Gasteiger partial charge in [-0.05, 0) is 6.42 Å². The van der Waals surface area contributed by atoms with Crippen molar-refractivity contribution < 1.29 is 27.7 Å². The van der Waals surface area contributed by atoms with Crippen molar-refractivity contribution in [1.29, 1.82) is 0 Å². The maximum Gasteiger partial charge on any atom is 0.320 e. The van der Waals surface area contributed by atoms with Crippen molar-refractivity contribution in [3.8, 4) is 0 Å². The van der Waals surface area contributed by atoms with Gasteiger partial charge < -0.3 is 16.6 Å². The van der Waals surface area contributed by atoms with E-state index in [9.17, 15) is 18.0 Å². The summed E-state index contributed by atoms with van der Waals surface area (Å²) in [5, 5.41) is 6.71. The van der Waals surface area contributed by atoms with E-state index in [0.717, 1.165) is 0 Å². The monoisotopic (exact) mass is 254 g/mol. The Labute approximate surface area is 92.4 Å². The van der Waals surface area contributed by atoms with Crippen molar-refractivity contribution in [2.24, 2.45) is 11.5 Å². The fourth-order valence-electron chi connectivity index (χ4n) is 1.00. The van der Waals surface area contributed by atoms with Crippen molar-refractivity contribution in [3.63, 3.8) is 0 Å². The number of carbonyl (C=O) groups excluding carboxylic acids is 1. The lowest BCUT2D eigenvalue weighted by Gasteiger charge is -2.11. The minimum Gasteiger partial charge on any atom is -0.480 e. The lowest BCUT2D eigenvalue weighted by molar-refractivity contribution is -0.138. The standard InChI is InChI=1S/C7H14N2O6S/c8-3-6(16(13,14)15)5(10)2-1-4(9)7(11)12/h4,6H,1-3,8-9H2,(H,11,12)(H,13,14,15)/t4-,6?/m0/s1. The first kappa shape index (κ1) is 15.0. The van der Waals surface area contributed by atoms with Gasteiger partial charge in [0.25, 0.3) is 10.1 Å². The fraction of sp³-hybridized carbons (Fsp3) is 0.714. The normalized spacial score (nSPS) is 15.4. The van der Waals surface area contributed by atoms with E-state index in [1.54, 1.807) is 0 Å². The number of hydrogen-bond donors (Lipinski definition) is 4. The molecule has 0 radical (unpaired) electrons. The maximum absolute atomic E-state index is 11.3. The van der Waals surface area contributed by atoms with Crippen molar-refractivity contribution in [2.75, 3.05) is 6.54 Å². The Balaban J connectivity index is 4.41. The molecular weight excluding hydrogens is 240 g/mol. The van der Waals surface area contributed by atoms with Crippen LogP contribution >= 0.6 is 0 Å². The molecule has 0 spiro atoms. The fourth-order valence-corrected chi connectivity index (χ4v) is 1.69. The molecule has 1 unspecified atom stereocenters. The highest BCUT2D eigenvalue weighted by atomic mass is 32.2. The van der Waals surface area contributed by atoms with Crippen LogP contribution in [0.2, 0.25) is 0 Å². The molecule has 0 aromatic heterocycles. The average molecular weight is 254 g/mol. The minimum atomic E-state index is -4.55. The summed E-state index contributed by atoms with van der Waals surface area (Å²) in [7, 11) is -4.55. The highest BCUT2D eigenvalue weighted by molar-refractivity contribution is 7.87. The molecule has 0 saturated carbocycles. The smallest absolute Gasteiger partial charge is 0.320 e. The molecule has 0 bridgehead atoms. The molecule has 0 fully saturated rings. The molecule has 0 amide bonds. The van der Waals surface area contributed by atoms with Crippen LogP contribution < -0.4 is 11.5 Å². The summed E-state index contributed by atoms with van der Waals surface area (Å²) in [4.78, 5) is 21.6. The van der Waals surface area contributed by atoms with Gasteiger partial charge in [-0.2, -0.15) is 8.42 Å². The van der Waals surface area contributed by atoms with Crippen LogP contribution in [0.25, 0.3) is 0 Å². The Hall–Kier alpha value is -1.03. The van der Waals surface area contributed by atoms with E-state index in [0.29, 0.717) is 0 Å². The molecule has 9 heteroatoms. The Bertz CT molecular complexity index is 365. The number of carboxylic acids is 1. The summed E-state index contributed by atoms with van der Waals surface area (Å²) in [6.45, 7) is -0.556. The maximum atomic E-state index is 11.3. The summed E-state index contributed by atoms with van der Waals surface area (Å²) in [5.74, 6) is -2.13. The van der Waals surface area contributed by atoms with Crippen LogP contribution in [0.5, 0.6) is 0 Å². The van der Waals surface area contributed by atoms with E-state index in [-0.39, 0.29) is 12.8 Å². The zero-order valence-corrected chi connectivity index (χ0v) is 9.18. The second kappa shape index (κ2) is 5.89. The molecule has 0 aliphatic rings. The van der Waals surface area contributed by atoms with Crippen LogP contribution in [0.3, 0.4) is 0 Å². The Morgan fingerprint density at radius 3 is 2.12 bits per heavy atom. The molecule has 0 aliphatic heterocycles. The van der Waals surface area contributed by atoms with Crippen molar-refractivity contribution in [2.45, 2.75) is 24.1 Å². The summed E-state index contributed by atoms with van der Waals surface area (Å²) >= 11 is 0. The van der Waals surface area contributed by atoms with Gasteiger partial charge in [0.05, 0.1) is 0 Å². The molecule has 0 aromatic carbocycles. The summed E-state index contributed by atoms with van der Waals surface area (Å²) < 4.78 is 30.0. The van der Waals surface area contributed by atoms with E-state index in [4.69, 9.17) is 21.1 Å². The van der Waals surface area contributed by atoms with Crippen LogP contribution in [0, 0.1) is 0 Å². The molecule has 0 aromatic rings. The number of carboxylic acid groups (broad SMARTS) is 1. The Kier molecular flexibility index (Phi) is 5.51. The summed E-state index contributed by atoms with van der Waals surface area (Å²) in [5.41, 5.74) is 10.1. The van der Waals surface area contributed by atoms with Crippen molar-refractivity contribution >= 4 is 21.9 Å². The Morgan fingerprint density at radius 1 is 1.31 bits per heavy atom. The number of carbonyl (C=O) groups is 2. The first-order chi connectivity index (χ1) is 7.20. The van der Waals surface area contributed by atoms with Gasteiger partial charge in [-0.15, -0.1) is 0 Å². The van der Waals surface area contributed by atoms with E-state index >= 15 is 0 Å². The largest absolute Gasteiger partial charge is 0.480 e. The van der Waals surface area contributed by atoms with Crippen LogP contribution in [-0.4, -0.2) is 47.7 Å². The zero-order valence-electron chi connectivity index (χ0n) is 8.37. The van der Waals surface area contributed by atoms with Crippen LogP contribution in [0.15, 0.2) is 0 Å². The number of nitrogens with two attached hydrogens (primary N) is 2. The first-order valence-electron chi connectivity index (χ1n) is 4.37. The predicted octanol–water partition coefficient (Wildman–Crippen LogP) is -2.04. The molecular formula is C7H14N2O6S. The highest BCUT2D eigenvalue weighted by Crippen LogP contribution is 2.05. The second-order valence-corrected chi connectivity index (χ2v) is 4.79. The minimum absolute atomic E-state index is 0.208. The van der Waals surface area contributed by atoms with Gasteiger partial charge in [-0.3, -0.25) is 14.1 Å². The van der Waals surface area contributed by atoms with E-state index in [1.807, 2.05) is 0 Å². The van der Waals surface area contributed by atoms with Crippen LogP contribution in [0.4, 0.5) is 0 Å². The molecule has 0 rings (SSSR count). The second-order valence-electron chi connectivity index (χ2n) is 3.19. The molecule has 0 heterocycles. The molecule has 16 heavy (non-hydrogen) atoms. The predicted molar refractivity (Wildman–Crippen MR) is 54.2 cm³/mol. The van der Waals surface area contributed by atoms with Crippen LogP contribution in [0.1, 0.15) is 12.8 Å². The molecule has 6 N–H and O–H groups in total. The molecule has 8 nitrogen and oxygen atoms in total. The number of rotatable bonds is 7. The molecule has 2 atom stereocenters. The SMILES string of the molecule is NCC(C(=O)CC[C@H](N)C(=O)O)S(=O)(=O)O. The number of aliphatic carboxylic acids is 1. The number of hydrogen-bond acceptors (Lipinski definition) is 6. The molecule has 94 valence electrons. The quantitative estimate of drug-likeness (QED) is 0.378. The lowest BCUT2D eigenvalue weighted by Crippen LogP contribution is -2.38. The van der Waals surface area contributed by atoms with Crippen molar-refractivity contribution in [1.82, 2.24) is 0 Å². The van der Waals surface area contributed by atoms with Crippen molar-refractivity contribution in [3.05, 3.63) is 0 Å². The summed E-state index contributed by atoms with van der Waals surface area (Å²) in [6, 6.07) is -1.25. The highest BCUT2D eigenvalue weighted by Gasteiger charge is 2.29. The average Bonchev–Trinajstić information content (AvgIpc) is 2.12. The van der Waals surface area contributed by atoms with Gasteiger partial charge in [0.2, 0.25) is 0 Å². The third-order valence-electron chi connectivity index (χ3n) is 1.95. The van der Waals surface area contributed by atoms with Gasteiger partial charge in [0.1, 0.15) is 6.04 Å². The van der Waals surface area contributed by atoms with Gasteiger partial charge >= 0.3 is 5.97 Å². The molecule has 0 saturated heterocycles. The van der Waals surface area contributed by atoms with E-state index < -0.39 is 39.7 Å². The van der Waals surface area contributed by atoms with Gasteiger partial charge in [0.15, 0.2) is 11.0 Å². The van der Waals surface area contributed by atoms with Gasteiger partial charge in [0, 0.05) is 13.0 Å². The van der Waals surface area contributed by atoms with Gasteiger partial charge in [-0.25, -0.2) is 0 Å². The third-order valence-corrected chi connectivity index (χ3v) is 3.13. The molecule has 0 aliphatic carbocycles. The lowest BCUT2D eigenvalue weighted by atomic mass is 10.1. The Morgan fingerprint density at radius 2 is 1.81 bits per heavy atom. The number of ketones is 1. The third kappa shape index (κ3) is 4.66. The van der Waals surface area contributed by atoms with E-state index in [2.05, 4.69) is 0 Å². The first-order valence-corrected chi connectivity index (χ1v) is 5.88. The number of Topliss-reactive ketones (excluding diaryl/α,β-unsaturated/α-hetero) is 1. The van der Waals surface area contributed by atoms with Crippen LogP contribution in [-0.2, 0) is 19.7 Å². The van der Waals surface area contributed by atoms with Gasteiger partial charge in [-0.1, -0.05) is 0 Å². The van der Waals surface area contributed by atoms with E-state index in [1.165, 1.54) is 0 Å².